The van der Waals surface area contributed by atoms with Crippen molar-refractivity contribution in [2.45, 2.75) is 20.0 Å². The van der Waals surface area contributed by atoms with Crippen molar-refractivity contribution in [1.29, 1.82) is 0 Å². The average molecular weight is 317 g/mol. The zero-order valence-electron chi connectivity index (χ0n) is 13.8. The number of allylic oxidation sites excluding steroid dienone is 2. The molecular weight excluding hydrogens is 298 g/mol. The Labute approximate surface area is 141 Å². The Morgan fingerprint density at radius 2 is 1.88 bits per heavy atom. The van der Waals surface area contributed by atoms with Crippen LogP contribution in [0.2, 0.25) is 0 Å². The third kappa shape index (κ3) is 2.33. The molecule has 3 heteroatoms. The van der Waals surface area contributed by atoms with Gasteiger partial charge in [-0.2, -0.15) is 0 Å². The van der Waals surface area contributed by atoms with E-state index in [0.717, 1.165) is 41.1 Å². The maximum absolute atomic E-state index is 11.6. The number of anilines is 1. The summed E-state index contributed by atoms with van der Waals surface area (Å²) < 4.78 is 6.17. The summed E-state index contributed by atoms with van der Waals surface area (Å²) in [5.74, 6) is 0.836. The fourth-order valence-electron chi connectivity index (χ4n) is 3.34. The molecule has 2 aliphatic rings. The van der Waals surface area contributed by atoms with E-state index in [4.69, 9.17) is 4.74 Å². The average Bonchev–Trinajstić information content (AvgIpc) is 2.61. The Kier molecular flexibility index (Phi) is 3.49. The molecule has 2 aliphatic heterocycles. The highest BCUT2D eigenvalue weighted by molar-refractivity contribution is 6.12. The summed E-state index contributed by atoms with van der Waals surface area (Å²) in [5.41, 5.74) is 5.94. The molecule has 120 valence electrons. The number of fused-ring (bicyclic) bond motifs is 3. The largest absolute Gasteiger partial charge is 0.486 e. The minimum atomic E-state index is 0.0734. The highest BCUT2D eigenvalue weighted by atomic mass is 16.5. The molecule has 1 atom stereocenters. The zero-order chi connectivity index (χ0) is 16.7. The number of ether oxygens (including phenoxy) is 1. The summed E-state index contributed by atoms with van der Waals surface area (Å²) in [6.45, 7) is 4.91. The van der Waals surface area contributed by atoms with Crippen molar-refractivity contribution in [2.24, 2.45) is 0 Å². The molecule has 3 nitrogen and oxygen atoms in total. The van der Waals surface area contributed by atoms with Crippen molar-refractivity contribution < 1.29 is 9.53 Å². The molecule has 0 amide bonds. The van der Waals surface area contributed by atoms with Gasteiger partial charge in [-0.1, -0.05) is 48.0 Å². The Morgan fingerprint density at radius 1 is 1.12 bits per heavy atom. The van der Waals surface area contributed by atoms with Crippen LogP contribution >= 0.6 is 0 Å². The monoisotopic (exact) mass is 317 g/mol. The molecule has 4 rings (SSSR count). The lowest BCUT2D eigenvalue weighted by Crippen LogP contribution is -2.38. The number of hydrogen-bond acceptors (Lipinski definition) is 3. The van der Waals surface area contributed by atoms with Gasteiger partial charge in [0, 0.05) is 22.4 Å². The molecule has 0 radical (unpaired) electrons. The first kappa shape index (κ1) is 14.8. The Morgan fingerprint density at radius 3 is 2.62 bits per heavy atom. The van der Waals surface area contributed by atoms with Gasteiger partial charge in [0.15, 0.2) is 12.0 Å². The molecule has 0 saturated carbocycles. The van der Waals surface area contributed by atoms with Crippen molar-refractivity contribution in [3.63, 3.8) is 0 Å². The van der Waals surface area contributed by atoms with Gasteiger partial charge in [-0.05, 0) is 26.0 Å². The summed E-state index contributed by atoms with van der Waals surface area (Å²) in [6, 6.07) is 16.3. The fourth-order valence-corrected chi connectivity index (χ4v) is 3.34. The number of aryl methyl sites for hydroxylation is 1. The molecule has 2 aromatic carbocycles. The highest BCUT2D eigenvalue weighted by Crippen LogP contribution is 2.41. The van der Waals surface area contributed by atoms with Gasteiger partial charge < -0.3 is 9.64 Å². The first-order chi connectivity index (χ1) is 11.7. The lowest BCUT2D eigenvalue weighted by atomic mass is 9.95. The number of carbonyl (C=O) groups excluding carboxylic acids is 1. The number of benzene rings is 2. The molecule has 2 heterocycles. The Bertz CT molecular complexity index is 862. The standard InChI is InChI=1S/C21H19NO2/c1-14-7-9-16(10-8-14)21-20-11-17(13-23)18-5-3-4-6-19(18)22(20)12-15(2)24-21/h3-11,13,15H,12H2,1-2H3. The molecule has 0 fully saturated rings. The summed E-state index contributed by atoms with van der Waals surface area (Å²) in [7, 11) is 0. The predicted octanol–water partition coefficient (Wildman–Crippen LogP) is 4.18. The number of nitrogens with zero attached hydrogens (tertiary/aromatic N) is 1. The number of aldehydes is 1. The normalized spacial score (nSPS) is 19.2. The molecule has 0 bridgehead atoms. The Hall–Kier alpha value is -2.81. The summed E-state index contributed by atoms with van der Waals surface area (Å²) in [6.07, 6.45) is 2.94. The van der Waals surface area contributed by atoms with E-state index < -0.39 is 0 Å². The SMILES string of the molecule is Cc1ccc(C2=C3C=C(C=O)c4ccccc4N3CC(C)O2)cc1. The van der Waals surface area contributed by atoms with E-state index in [1.165, 1.54) is 5.56 Å². The van der Waals surface area contributed by atoms with Crippen molar-refractivity contribution in [3.8, 4) is 0 Å². The second kappa shape index (κ2) is 5.68. The molecule has 0 saturated heterocycles. The zero-order valence-corrected chi connectivity index (χ0v) is 13.8. The molecule has 0 N–H and O–H groups in total. The van der Waals surface area contributed by atoms with E-state index in [1.807, 2.05) is 24.3 Å². The summed E-state index contributed by atoms with van der Waals surface area (Å²) in [5, 5.41) is 0. The first-order valence-corrected chi connectivity index (χ1v) is 8.19. The van der Waals surface area contributed by atoms with Crippen LogP contribution in [0.4, 0.5) is 5.69 Å². The van der Waals surface area contributed by atoms with Crippen molar-refractivity contribution >= 4 is 23.3 Å². The van der Waals surface area contributed by atoms with Crippen LogP contribution in [0.5, 0.6) is 0 Å². The van der Waals surface area contributed by atoms with Crippen LogP contribution in [0.15, 0.2) is 60.3 Å². The van der Waals surface area contributed by atoms with Crippen LogP contribution in [-0.4, -0.2) is 18.9 Å². The second-order valence-corrected chi connectivity index (χ2v) is 6.35. The number of carbonyl (C=O) groups is 1. The van der Waals surface area contributed by atoms with E-state index in [1.54, 1.807) is 0 Å². The third-order valence-electron chi connectivity index (χ3n) is 4.52. The molecule has 2 aromatic rings. The maximum Gasteiger partial charge on any atom is 0.150 e. The van der Waals surface area contributed by atoms with Gasteiger partial charge in [0.1, 0.15) is 6.10 Å². The highest BCUT2D eigenvalue weighted by Gasteiger charge is 2.31. The van der Waals surface area contributed by atoms with Crippen molar-refractivity contribution in [1.82, 2.24) is 0 Å². The van der Waals surface area contributed by atoms with Gasteiger partial charge >= 0.3 is 0 Å². The van der Waals surface area contributed by atoms with Crippen LogP contribution in [0.25, 0.3) is 11.3 Å². The smallest absolute Gasteiger partial charge is 0.150 e. The van der Waals surface area contributed by atoms with E-state index in [-0.39, 0.29) is 6.10 Å². The lowest BCUT2D eigenvalue weighted by molar-refractivity contribution is -0.103. The molecule has 0 spiro atoms. The molecule has 0 aromatic heterocycles. The van der Waals surface area contributed by atoms with Gasteiger partial charge in [0.2, 0.25) is 0 Å². The number of rotatable bonds is 2. The van der Waals surface area contributed by atoms with Gasteiger partial charge in [-0.3, -0.25) is 4.79 Å². The topological polar surface area (TPSA) is 29.5 Å². The molecule has 0 aliphatic carbocycles. The van der Waals surface area contributed by atoms with E-state index in [0.29, 0.717) is 5.57 Å². The quantitative estimate of drug-likeness (QED) is 0.778. The lowest BCUT2D eigenvalue weighted by Gasteiger charge is -2.39. The predicted molar refractivity (Wildman–Crippen MR) is 96.5 cm³/mol. The van der Waals surface area contributed by atoms with Gasteiger partial charge in [-0.25, -0.2) is 0 Å². The molecular formula is C21H19NO2. The van der Waals surface area contributed by atoms with Crippen LogP contribution in [-0.2, 0) is 9.53 Å². The summed E-state index contributed by atoms with van der Waals surface area (Å²) in [4.78, 5) is 13.9. The van der Waals surface area contributed by atoms with E-state index in [9.17, 15) is 4.79 Å². The van der Waals surface area contributed by atoms with Crippen LogP contribution in [0.3, 0.4) is 0 Å². The Balaban J connectivity index is 1.95. The van der Waals surface area contributed by atoms with E-state index >= 15 is 0 Å². The third-order valence-corrected chi connectivity index (χ3v) is 4.52. The van der Waals surface area contributed by atoms with Gasteiger partial charge in [-0.15, -0.1) is 0 Å². The van der Waals surface area contributed by atoms with Gasteiger partial charge in [0.05, 0.1) is 12.2 Å². The van der Waals surface area contributed by atoms with Crippen molar-refractivity contribution in [3.05, 3.63) is 77.0 Å². The van der Waals surface area contributed by atoms with Crippen molar-refractivity contribution in [2.75, 3.05) is 11.4 Å². The van der Waals surface area contributed by atoms with Crippen LogP contribution in [0.1, 0.15) is 23.6 Å². The maximum atomic E-state index is 11.6. The van der Waals surface area contributed by atoms with Crippen LogP contribution < -0.4 is 4.90 Å². The second-order valence-electron chi connectivity index (χ2n) is 6.35. The van der Waals surface area contributed by atoms with E-state index in [2.05, 4.69) is 49.1 Å². The number of hydrogen-bond donors (Lipinski definition) is 0. The first-order valence-electron chi connectivity index (χ1n) is 8.19. The van der Waals surface area contributed by atoms with Crippen LogP contribution in [0, 0.1) is 6.92 Å². The summed E-state index contributed by atoms with van der Waals surface area (Å²) >= 11 is 0. The molecule has 24 heavy (non-hydrogen) atoms. The van der Waals surface area contributed by atoms with Gasteiger partial charge in [0.25, 0.3) is 0 Å². The minimum absolute atomic E-state index is 0.0734. The molecule has 1 unspecified atom stereocenters. The number of para-hydroxylation sites is 1. The minimum Gasteiger partial charge on any atom is -0.486 e. The fraction of sp³-hybridized carbons (Fsp3) is 0.190.